The SMILES string of the molecule is C[C@@H]1CN(CC(=O)N2c3cc(Cc4ccc(F)cc4)c(C(=O)NCCN4CCOCC4)nc3OC[C@@H]2C)[C@@H](CN2[C@H](C)COC[C@H]2C)CN1C(=O)OC(C)(C)C. The van der Waals surface area contributed by atoms with Crippen LogP contribution in [0, 0.1) is 5.82 Å². The van der Waals surface area contributed by atoms with Crippen LogP contribution in [0.25, 0.3) is 0 Å². The highest BCUT2D eigenvalue weighted by molar-refractivity contribution is 5.99. The van der Waals surface area contributed by atoms with E-state index in [9.17, 15) is 18.8 Å². The average molecular weight is 782 g/mol. The lowest BCUT2D eigenvalue weighted by Gasteiger charge is -2.49. The van der Waals surface area contributed by atoms with E-state index in [2.05, 4.69) is 33.9 Å². The standard InChI is InChI=1S/C41H60FN7O7/c1-27-20-46(34(21-47-28(2)24-54-25-29(47)3)22-48(27)40(52)56-41(5,6)7)23-36(50)49-30(4)26-55-39-35(49)19-32(18-31-8-10-33(42)11-9-31)37(44-39)38(51)43-12-13-45-14-16-53-17-15-45/h8-11,19,27-30,34H,12-18,20-26H2,1-7H3,(H,43,51)/t27-,28-,29-,30+,34+/m1/s1. The Balaban J connectivity index is 1.26. The number of rotatable bonds is 10. The van der Waals surface area contributed by atoms with Crippen LogP contribution in [0.1, 0.15) is 70.1 Å². The van der Waals surface area contributed by atoms with Crippen molar-refractivity contribution in [1.82, 2.24) is 29.9 Å². The number of hydrogen-bond donors (Lipinski definition) is 1. The molecule has 2 aromatic rings. The van der Waals surface area contributed by atoms with E-state index < -0.39 is 5.60 Å². The number of halogens is 1. The van der Waals surface area contributed by atoms with Gasteiger partial charge in [0.15, 0.2) is 0 Å². The molecule has 14 nitrogen and oxygen atoms in total. The van der Waals surface area contributed by atoms with Crippen LogP contribution < -0.4 is 15.0 Å². The van der Waals surface area contributed by atoms with Crippen LogP contribution in [0.2, 0.25) is 0 Å². The van der Waals surface area contributed by atoms with Crippen LogP contribution in [0.5, 0.6) is 5.88 Å². The molecule has 0 aliphatic carbocycles. The molecule has 308 valence electrons. The summed E-state index contributed by atoms with van der Waals surface area (Å²) in [7, 11) is 0. The monoisotopic (exact) mass is 781 g/mol. The highest BCUT2D eigenvalue weighted by Gasteiger charge is 2.41. The summed E-state index contributed by atoms with van der Waals surface area (Å²) in [4.78, 5) is 57.0. The van der Waals surface area contributed by atoms with E-state index in [-0.39, 0.29) is 78.7 Å². The Morgan fingerprint density at radius 2 is 1.62 bits per heavy atom. The van der Waals surface area contributed by atoms with Crippen LogP contribution in [0.15, 0.2) is 30.3 Å². The molecule has 1 N–H and O–H groups in total. The van der Waals surface area contributed by atoms with Crippen LogP contribution in [-0.2, 0) is 25.4 Å². The molecule has 4 aliphatic heterocycles. The van der Waals surface area contributed by atoms with Crippen molar-refractivity contribution in [3.8, 4) is 5.88 Å². The number of ether oxygens (including phenoxy) is 4. The Labute approximate surface area is 330 Å². The summed E-state index contributed by atoms with van der Waals surface area (Å²) in [6.07, 6.45) is -0.0637. The molecular weight excluding hydrogens is 721 g/mol. The number of amides is 3. The van der Waals surface area contributed by atoms with Gasteiger partial charge in [0.25, 0.3) is 5.91 Å². The molecule has 6 rings (SSSR count). The van der Waals surface area contributed by atoms with Crippen molar-refractivity contribution in [2.45, 2.75) is 90.7 Å². The molecule has 3 saturated heterocycles. The normalized spacial score (nSPS) is 25.3. The lowest BCUT2D eigenvalue weighted by Crippen LogP contribution is -2.65. The zero-order valence-corrected chi connectivity index (χ0v) is 34.1. The van der Waals surface area contributed by atoms with Crippen LogP contribution in [0.4, 0.5) is 14.9 Å². The first-order valence-electron chi connectivity index (χ1n) is 20.1. The van der Waals surface area contributed by atoms with Gasteiger partial charge in [-0.2, -0.15) is 0 Å². The molecule has 56 heavy (non-hydrogen) atoms. The van der Waals surface area contributed by atoms with Gasteiger partial charge in [0.1, 0.15) is 29.4 Å². The average Bonchev–Trinajstić information content (AvgIpc) is 3.14. The number of aromatic nitrogens is 1. The van der Waals surface area contributed by atoms with E-state index >= 15 is 0 Å². The van der Waals surface area contributed by atoms with Crippen molar-refractivity contribution in [1.29, 1.82) is 0 Å². The van der Waals surface area contributed by atoms with Gasteiger partial charge in [-0.15, -0.1) is 0 Å². The molecule has 5 atom stereocenters. The number of piperazine rings is 1. The van der Waals surface area contributed by atoms with E-state index in [1.54, 1.807) is 21.9 Å². The molecule has 3 fully saturated rings. The zero-order chi connectivity index (χ0) is 40.1. The van der Waals surface area contributed by atoms with Gasteiger partial charge >= 0.3 is 6.09 Å². The van der Waals surface area contributed by atoms with Crippen molar-refractivity contribution >= 4 is 23.6 Å². The first-order valence-corrected chi connectivity index (χ1v) is 20.1. The highest BCUT2D eigenvalue weighted by Crippen LogP contribution is 2.36. The number of fused-ring (bicyclic) bond motifs is 1. The maximum Gasteiger partial charge on any atom is 0.410 e. The molecule has 3 amide bonds. The third-order valence-electron chi connectivity index (χ3n) is 11.0. The maximum atomic E-state index is 14.7. The fourth-order valence-electron chi connectivity index (χ4n) is 8.03. The Kier molecular flexibility index (Phi) is 13.5. The molecular formula is C41H60FN7O7. The lowest BCUT2D eigenvalue weighted by molar-refractivity contribution is -0.123. The number of nitrogens with zero attached hydrogens (tertiary/aromatic N) is 6. The fourth-order valence-corrected chi connectivity index (χ4v) is 8.03. The van der Waals surface area contributed by atoms with Crippen LogP contribution in [-0.4, -0.2) is 164 Å². The molecule has 0 radical (unpaired) electrons. The number of carbonyl (C=O) groups excluding carboxylic acids is 3. The molecule has 1 aromatic heterocycles. The van der Waals surface area contributed by atoms with Gasteiger partial charge < -0.3 is 34.1 Å². The summed E-state index contributed by atoms with van der Waals surface area (Å²) in [6, 6.07) is 7.66. The highest BCUT2D eigenvalue weighted by atomic mass is 19.1. The summed E-state index contributed by atoms with van der Waals surface area (Å²) >= 11 is 0. The predicted octanol–water partition coefficient (Wildman–Crippen LogP) is 3.41. The first kappa shape index (κ1) is 41.7. The number of morpholine rings is 2. The van der Waals surface area contributed by atoms with Gasteiger partial charge in [0.2, 0.25) is 11.8 Å². The molecule has 4 aliphatic rings. The third kappa shape index (κ3) is 10.3. The number of anilines is 1. The van der Waals surface area contributed by atoms with Crippen LogP contribution in [0.3, 0.4) is 0 Å². The second-order valence-corrected chi connectivity index (χ2v) is 16.8. The van der Waals surface area contributed by atoms with Gasteiger partial charge in [-0.1, -0.05) is 12.1 Å². The summed E-state index contributed by atoms with van der Waals surface area (Å²) in [5, 5.41) is 3.02. The predicted molar refractivity (Wildman–Crippen MR) is 210 cm³/mol. The van der Waals surface area contributed by atoms with E-state index in [0.717, 1.165) is 18.7 Å². The minimum atomic E-state index is -0.639. The van der Waals surface area contributed by atoms with Gasteiger partial charge in [-0.05, 0) is 84.2 Å². The summed E-state index contributed by atoms with van der Waals surface area (Å²) in [5.41, 5.74) is 1.45. The Hall–Kier alpha value is -3.89. The quantitative estimate of drug-likeness (QED) is 0.381. The smallest absolute Gasteiger partial charge is 0.410 e. The number of nitrogens with one attached hydrogen (secondary N) is 1. The van der Waals surface area contributed by atoms with Crippen molar-refractivity contribution in [2.75, 3.05) is 90.3 Å². The second-order valence-electron chi connectivity index (χ2n) is 16.8. The zero-order valence-electron chi connectivity index (χ0n) is 34.1. The fraction of sp³-hybridized carbons (Fsp3) is 0.659. The van der Waals surface area contributed by atoms with Gasteiger partial charge in [0.05, 0.1) is 39.0 Å². The van der Waals surface area contributed by atoms with Crippen molar-refractivity contribution in [2.24, 2.45) is 0 Å². The molecule has 0 spiro atoms. The summed E-state index contributed by atoms with van der Waals surface area (Å²) in [6.45, 7) is 20.9. The Bertz CT molecular complexity index is 1680. The van der Waals surface area contributed by atoms with E-state index in [1.807, 2.05) is 40.7 Å². The molecule has 5 heterocycles. The lowest BCUT2D eigenvalue weighted by atomic mass is 10.0. The topological polar surface area (TPSA) is 129 Å². The van der Waals surface area contributed by atoms with E-state index in [4.69, 9.17) is 23.9 Å². The molecule has 0 bridgehead atoms. The van der Waals surface area contributed by atoms with Gasteiger partial charge in [-0.3, -0.25) is 24.3 Å². The van der Waals surface area contributed by atoms with Crippen molar-refractivity contribution < 1.29 is 37.7 Å². The molecule has 0 unspecified atom stereocenters. The largest absolute Gasteiger partial charge is 0.474 e. The number of hydrogen-bond acceptors (Lipinski definition) is 11. The Morgan fingerprint density at radius 3 is 2.30 bits per heavy atom. The van der Waals surface area contributed by atoms with Crippen LogP contribution >= 0.6 is 0 Å². The second kappa shape index (κ2) is 18.1. The Morgan fingerprint density at radius 1 is 0.929 bits per heavy atom. The minimum Gasteiger partial charge on any atom is -0.474 e. The number of carbonyl (C=O) groups is 3. The van der Waals surface area contributed by atoms with Gasteiger partial charge in [-0.25, -0.2) is 14.2 Å². The summed E-state index contributed by atoms with van der Waals surface area (Å²) in [5.74, 6) is -0.613. The summed E-state index contributed by atoms with van der Waals surface area (Å²) < 4.78 is 37.1. The minimum absolute atomic E-state index is 0.102. The van der Waals surface area contributed by atoms with E-state index in [1.165, 1.54) is 12.1 Å². The number of benzene rings is 1. The van der Waals surface area contributed by atoms with Crippen molar-refractivity contribution in [3.63, 3.8) is 0 Å². The first-order chi connectivity index (χ1) is 26.7. The third-order valence-corrected chi connectivity index (χ3v) is 11.0. The van der Waals surface area contributed by atoms with Gasteiger partial charge in [0, 0.05) is 70.0 Å². The van der Waals surface area contributed by atoms with Crippen molar-refractivity contribution in [3.05, 3.63) is 53.0 Å². The number of pyridine rings is 1. The maximum absolute atomic E-state index is 14.7. The molecule has 1 aromatic carbocycles. The molecule has 15 heteroatoms. The molecule has 0 saturated carbocycles. The van der Waals surface area contributed by atoms with E-state index in [0.29, 0.717) is 76.8 Å².